The minimum absolute atomic E-state index is 0.326. The maximum absolute atomic E-state index is 5.90. The fraction of sp³-hybridized carbons (Fsp3) is 0.750. The molecule has 1 aliphatic heterocycles. The van der Waals surface area contributed by atoms with Crippen LogP contribution in [0.25, 0.3) is 0 Å². The maximum Gasteiger partial charge on any atom is 0.0867 e. The van der Waals surface area contributed by atoms with Gasteiger partial charge in [-0.25, -0.2) is 0 Å². The van der Waals surface area contributed by atoms with Crippen LogP contribution in [-0.4, -0.2) is 4.71 Å². The van der Waals surface area contributed by atoms with Gasteiger partial charge in [0.25, 0.3) is 0 Å². The van der Waals surface area contributed by atoms with Crippen molar-refractivity contribution >= 4 is 23.4 Å². The van der Waals surface area contributed by atoms with Crippen molar-refractivity contribution in [3.8, 4) is 0 Å². The lowest BCUT2D eigenvalue weighted by Gasteiger charge is -1.99. The van der Waals surface area contributed by atoms with E-state index < -0.39 is 0 Å². The van der Waals surface area contributed by atoms with Crippen LogP contribution in [0.1, 0.15) is 32.6 Å². The summed E-state index contributed by atoms with van der Waals surface area (Å²) in [5.74, 6) is 0. The lowest BCUT2D eigenvalue weighted by Crippen LogP contribution is -1.79. The molecule has 0 nitrogen and oxygen atoms in total. The van der Waals surface area contributed by atoms with E-state index in [2.05, 4.69) is 13.0 Å². The molecule has 0 aliphatic carbocycles. The molecule has 1 aliphatic rings. The summed E-state index contributed by atoms with van der Waals surface area (Å²) in [6.07, 6.45) is 7.17. The van der Waals surface area contributed by atoms with E-state index in [4.69, 9.17) is 11.6 Å². The largest absolute Gasteiger partial charge is 0.111 e. The Morgan fingerprint density at radius 1 is 1.80 bits per heavy atom. The highest BCUT2D eigenvalue weighted by Gasteiger charge is 2.13. The van der Waals surface area contributed by atoms with Crippen LogP contribution >= 0.6 is 23.4 Å². The van der Waals surface area contributed by atoms with Crippen molar-refractivity contribution in [2.24, 2.45) is 0 Å². The van der Waals surface area contributed by atoms with Gasteiger partial charge in [0.1, 0.15) is 0 Å². The molecule has 2 heteroatoms. The molecule has 0 N–H and O–H groups in total. The van der Waals surface area contributed by atoms with Gasteiger partial charge in [0.05, 0.1) is 4.71 Å². The van der Waals surface area contributed by atoms with Crippen molar-refractivity contribution in [1.82, 2.24) is 0 Å². The summed E-state index contributed by atoms with van der Waals surface area (Å²) in [6, 6.07) is 0. The standard InChI is InChI=1S/C8H13ClS/c1-2-3-4-7-5-6-8(9)10-7/h5,8H,2-4,6H2,1H3. The number of alkyl halides is 1. The second-order valence-electron chi connectivity index (χ2n) is 2.54. The van der Waals surface area contributed by atoms with Crippen LogP contribution in [0.2, 0.25) is 0 Å². The van der Waals surface area contributed by atoms with Gasteiger partial charge in [0.15, 0.2) is 0 Å². The van der Waals surface area contributed by atoms with Gasteiger partial charge in [-0.2, -0.15) is 0 Å². The highest BCUT2D eigenvalue weighted by atomic mass is 35.5. The van der Waals surface area contributed by atoms with Gasteiger partial charge in [-0.05, 0) is 24.2 Å². The van der Waals surface area contributed by atoms with E-state index in [1.807, 2.05) is 11.8 Å². The first kappa shape index (κ1) is 8.48. The van der Waals surface area contributed by atoms with E-state index in [1.54, 1.807) is 0 Å². The van der Waals surface area contributed by atoms with Gasteiger partial charge >= 0.3 is 0 Å². The molecular formula is C8H13ClS. The Bertz CT molecular complexity index is 131. The molecule has 0 bridgehead atoms. The molecule has 0 fully saturated rings. The van der Waals surface area contributed by atoms with Gasteiger partial charge in [-0.3, -0.25) is 0 Å². The van der Waals surface area contributed by atoms with Crippen LogP contribution in [0.4, 0.5) is 0 Å². The normalized spacial score (nSPS) is 25.0. The molecule has 0 saturated carbocycles. The van der Waals surface area contributed by atoms with E-state index in [1.165, 1.54) is 24.2 Å². The van der Waals surface area contributed by atoms with Crippen molar-refractivity contribution < 1.29 is 0 Å². The Hall–Kier alpha value is 0.380. The van der Waals surface area contributed by atoms with Crippen LogP contribution in [0.5, 0.6) is 0 Å². The fourth-order valence-electron chi connectivity index (χ4n) is 0.997. The number of hydrogen-bond acceptors (Lipinski definition) is 1. The average molecular weight is 177 g/mol. The van der Waals surface area contributed by atoms with Gasteiger partial charge in [-0.15, -0.1) is 23.4 Å². The van der Waals surface area contributed by atoms with Crippen molar-refractivity contribution in [3.05, 3.63) is 11.0 Å². The summed E-state index contributed by atoms with van der Waals surface area (Å²) in [7, 11) is 0. The zero-order valence-electron chi connectivity index (χ0n) is 6.27. The van der Waals surface area contributed by atoms with E-state index in [0.29, 0.717) is 4.71 Å². The van der Waals surface area contributed by atoms with Crippen LogP contribution < -0.4 is 0 Å². The van der Waals surface area contributed by atoms with Gasteiger partial charge in [-0.1, -0.05) is 19.4 Å². The third-order valence-electron chi connectivity index (χ3n) is 1.59. The molecule has 0 radical (unpaired) electrons. The van der Waals surface area contributed by atoms with Crippen LogP contribution in [0.3, 0.4) is 0 Å². The van der Waals surface area contributed by atoms with Crippen molar-refractivity contribution in [3.63, 3.8) is 0 Å². The highest BCUT2D eigenvalue weighted by molar-refractivity contribution is 8.05. The topological polar surface area (TPSA) is 0 Å². The van der Waals surface area contributed by atoms with Gasteiger partial charge in [0, 0.05) is 0 Å². The first-order chi connectivity index (χ1) is 4.83. The molecule has 58 valence electrons. The summed E-state index contributed by atoms with van der Waals surface area (Å²) in [4.78, 5) is 1.50. The smallest absolute Gasteiger partial charge is 0.0867 e. The molecule has 0 saturated heterocycles. The number of rotatable bonds is 3. The summed E-state index contributed by atoms with van der Waals surface area (Å²) >= 11 is 7.73. The van der Waals surface area contributed by atoms with E-state index >= 15 is 0 Å². The molecule has 0 aromatic rings. The molecule has 1 unspecified atom stereocenters. The van der Waals surface area contributed by atoms with Crippen molar-refractivity contribution in [1.29, 1.82) is 0 Å². The predicted octanol–water partition coefficient (Wildman–Crippen LogP) is 3.76. The average Bonchev–Trinajstić information content (AvgIpc) is 2.31. The molecule has 0 aromatic carbocycles. The van der Waals surface area contributed by atoms with Crippen LogP contribution in [0.15, 0.2) is 11.0 Å². The number of allylic oxidation sites excluding steroid dienone is 2. The molecule has 0 spiro atoms. The Morgan fingerprint density at radius 2 is 2.60 bits per heavy atom. The summed E-state index contributed by atoms with van der Waals surface area (Å²) in [5, 5.41) is 0. The molecule has 0 amide bonds. The first-order valence-corrected chi connectivity index (χ1v) is 5.14. The number of unbranched alkanes of at least 4 members (excludes halogenated alkanes) is 1. The highest BCUT2D eigenvalue weighted by Crippen LogP contribution is 2.37. The zero-order chi connectivity index (χ0) is 7.40. The zero-order valence-corrected chi connectivity index (χ0v) is 7.84. The minimum atomic E-state index is 0.326. The monoisotopic (exact) mass is 176 g/mol. The SMILES string of the molecule is CCCCC1=CCC(Cl)S1. The molecule has 1 atom stereocenters. The van der Waals surface area contributed by atoms with E-state index in [0.717, 1.165) is 6.42 Å². The number of hydrogen-bond donors (Lipinski definition) is 0. The Kier molecular flexibility index (Phi) is 3.64. The van der Waals surface area contributed by atoms with Crippen molar-refractivity contribution in [2.45, 2.75) is 37.3 Å². The van der Waals surface area contributed by atoms with E-state index in [-0.39, 0.29) is 0 Å². The lowest BCUT2D eigenvalue weighted by molar-refractivity contribution is 0.808. The fourth-order valence-corrected chi connectivity index (χ4v) is 2.40. The Balaban J connectivity index is 2.17. The summed E-state index contributed by atoms with van der Waals surface area (Å²) < 4.78 is 0.326. The number of halogens is 1. The van der Waals surface area contributed by atoms with Gasteiger partial charge in [0.2, 0.25) is 0 Å². The third-order valence-corrected chi connectivity index (χ3v) is 3.15. The molecule has 1 heterocycles. The first-order valence-electron chi connectivity index (χ1n) is 3.82. The third kappa shape index (κ3) is 2.55. The molecule has 10 heavy (non-hydrogen) atoms. The summed E-state index contributed by atoms with van der Waals surface area (Å²) in [6.45, 7) is 2.22. The van der Waals surface area contributed by atoms with Crippen molar-refractivity contribution in [2.75, 3.05) is 0 Å². The Morgan fingerprint density at radius 3 is 3.10 bits per heavy atom. The molecule has 0 aromatic heterocycles. The molecule has 1 rings (SSSR count). The maximum atomic E-state index is 5.90. The second-order valence-corrected chi connectivity index (χ2v) is 4.65. The minimum Gasteiger partial charge on any atom is -0.111 e. The molecular weight excluding hydrogens is 164 g/mol. The quantitative estimate of drug-likeness (QED) is 0.591. The summed E-state index contributed by atoms with van der Waals surface area (Å²) in [5.41, 5.74) is 0. The second kappa shape index (κ2) is 4.30. The Labute approximate surface area is 72.0 Å². The number of thioether (sulfide) groups is 1. The lowest BCUT2D eigenvalue weighted by atomic mass is 10.2. The van der Waals surface area contributed by atoms with Crippen LogP contribution in [0, 0.1) is 0 Å². The van der Waals surface area contributed by atoms with E-state index in [9.17, 15) is 0 Å². The van der Waals surface area contributed by atoms with Gasteiger partial charge < -0.3 is 0 Å². The van der Waals surface area contributed by atoms with Crippen LogP contribution in [-0.2, 0) is 0 Å². The predicted molar refractivity (Wildman–Crippen MR) is 49.5 cm³/mol.